The molecule has 0 bridgehead atoms. The fourth-order valence-corrected chi connectivity index (χ4v) is 4.40. The Balaban J connectivity index is 0.00000341. The van der Waals surface area contributed by atoms with E-state index in [0.29, 0.717) is 18.7 Å². The van der Waals surface area contributed by atoms with E-state index in [1.165, 1.54) is 51.7 Å². The SMILES string of the molecule is CCCN1CCC(NC(=NCc2ccc(OC)c(OC3CCCC3)c2)NCC)CC1.I. The zero-order valence-corrected chi connectivity index (χ0v) is 21.8. The van der Waals surface area contributed by atoms with Crippen molar-refractivity contribution in [1.82, 2.24) is 15.5 Å². The third-order valence-electron chi connectivity index (χ3n) is 6.06. The van der Waals surface area contributed by atoms with E-state index < -0.39 is 0 Å². The predicted octanol–water partition coefficient (Wildman–Crippen LogP) is 4.56. The van der Waals surface area contributed by atoms with E-state index in [1.54, 1.807) is 7.11 Å². The molecule has 1 aliphatic carbocycles. The molecule has 7 heteroatoms. The molecule has 0 spiro atoms. The van der Waals surface area contributed by atoms with Crippen molar-refractivity contribution in [1.29, 1.82) is 0 Å². The molecule has 6 nitrogen and oxygen atoms in total. The molecular weight excluding hydrogens is 503 g/mol. The number of rotatable bonds is 9. The Morgan fingerprint density at radius 2 is 1.84 bits per heavy atom. The van der Waals surface area contributed by atoms with Crippen LogP contribution in [0.4, 0.5) is 0 Å². The summed E-state index contributed by atoms with van der Waals surface area (Å²) in [7, 11) is 1.70. The van der Waals surface area contributed by atoms with Gasteiger partial charge in [-0.25, -0.2) is 4.99 Å². The van der Waals surface area contributed by atoms with Crippen LogP contribution in [0.3, 0.4) is 0 Å². The minimum atomic E-state index is 0. The van der Waals surface area contributed by atoms with Crippen LogP contribution < -0.4 is 20.1 Å². The Morgan fingerprint density at radius 3 is 2.48 bits per heavy atom. The molecule has 1 saturated heterocycles. The zero-order chi connectivity index (χ0) is 21.2. The van der Waals surface area contributed by atoms with E-state index in [9.17, 15) is 0 Å². The van der Waals surface area contributed by atoms with Gasteiger partial charge in [0.05, 0.1) is 19.8 Å². The normalized spacial score (nSPS) is 18.5. The maximum Gasteiger partial charge on any atom is 0.191 e. The first-order chi connectivity index (χ1) is 14.7. The molecule has 1 saturated carbocycles. The zero-order valence-electron chi connectivity index (χ0n) is 19.5. The standard InChI is InChI=1S/C24H40N4O2.HI/c1-4-14-28-15-12-20(13-16-28)27-24(25-5-2)26-18-19-10-11-22(29-3)23(17-19)30-21-8-6-7-9-21;/h10-11,17,20-21H,4-9,12-16,18H2,1-3H3,(H2,25,26,27);1H. The predicted molar refractivity (Wildman–Crippen MR) is 139 cm³/mol. The summed E-state index contributed by atoms with van der Waals surface area (Å²) in [6, 6.07) is 6.66. The van der Waals surface area contributed by atoms with Crippen molar-refractivity contribution in [2.45, 2.75) is 77.5 Å². The maximum absolute atomic E-state index is 6.23. The molecule has 0 radical (unpaired) electrons. The summed E-state index contributed by atoms with van der Waals surface area (Å²) >= 11 is 0. The van der Waals surface area contributed by atoms with Crippen LogP contribution in [0, 0.1) is 0 Å². The number of hydrogen-bond donors (Lipinski definition) is 2. The second kappa shape index (κ2) is 14.0. The Labute approximate surface area is 205 Å². The maximum atomic E-state index is 6.23. The van der Waals surface area contributed by atoms with Gasteiger partial charge in [0.25, 0.3) is 0 Å². The number of methoxy groups -OCH3 is 1. The summed E-state index contributed by atoms with van der Waals surface area (Å²) in [5.41, 5.74) is 1.14. The lowest BCUT2D eigenvalue weighted by Gasteiger charge is -2.32. The molecule has 3 rings (SSSR count). The fourth-order valence-electron chi connectivity index (χ4n) is 4.40. The van der Waals surface area contributed by atoms with Gasteiger partial charge >= 0.3 is 0 Å². The Morgan fingerprint density at radius 1 is 1.10 bits per heavy atom. The number of nitrogens with one attached hydrogen (secondary N) is 2. The summed E-state index contributed by atoms with van der Waals surface area (Å²) in [5, 5.41) is 7.04. The van der Waals surface area contributed by atoms with Crippen LogP contribution in [0.25, 0.3) is 0 Å². The summed E-state index contributed by atoms with van der Waals surface area (Å²) < 4.78 is 11.7. The van der Waals surface area contributed by atoms with Gasteiger partial charge in [-0.05, 0) is 76.1 Å². The Hall–Kier alpha value is -1.22. The van der Waals surface area contributed by atoms with Gasteiger partial charge in [-0.3, -0.25) is 0 Å². The largest absolute Gasteiger partial charge is 0.493 e. The highest BCUT2D eigenvalue weighted by Gasteiger charge is 2.20. The van der Waals surface area contributed by atoms with Gasteiger partial charge in [-0.2, -0.15) is 0 Å². The van der Waals surface area contributed by atoms with E-state index in [-0.39, 0.29) is 24.0 Å². The third-order valence-corrected chi connectivity index (χ3v) is 6.06. The Bertz CT molecular complexity index is 672. The van der Waals surface area contributed by atoms with Crippen LogP contribution in [0.1, 0.15) is 64.4 Å². The van der Waals surface area contributed by atoms with E-state index in [0.717, 1.165) is 42.4 Å². The molecule has 0 amide bonds. The first kappa shape index (κ1) is 26.0. The highest BCUT2D eigenvalue weighted by Crippen LogP contribution is 2.32. The molecule has 0 aromatic heterocycles. The fraction of sp³-hybridized carbons (Fsp3) is 0.708. The van der Waals surface area contributed by atoms with Crippen LogP contribution >= 0.6 is 24.0 Å². The van der Waals surface area contributed by atoms with E-state index in [4.69, 9.17) is 14.5 Å². The van der Waals surface area contributed by atoms with Crippen molar-refractivity contribution < 1.29 is 9.47 Å². The van der Waals surface area contributed by atoms with Gasteiger partial charge in [0.15, 0.2) is 17.5 Å². The highest BCUT2D eigenvalue weighted by molar-refractivity contribution is 14.0. The van der Waals surface area contributed by atoms with Gasteiger partial charge in [-0.1, -0.05) is 13.0 Å². The van der Waals surface area contributed by atoms with Crippen molar-refractivity contribution >= 4 is 29.9 Å². The van der Waals surface area contributed by atoms with E-state index in [2.05, 4.69) is 41.5 Å². The number of hydrogen-bond acceptors (Lipinski definition) is 4. The van der Waals surface area contributed by atoms with Crippen molar-refractivity contribution in [3.63, 3.8) is 0 Å². The van der Waals surface area contributed by atoms with Crippen LogP contribution in [-0.2, 0) is 6.54 Å². The molecule has 2 fully saturated rings. The topological polar surface area (TPSA) is 58.1 Å². The van der Waals surface area contributed by atoms with Crippen LogP contribution in [0.15, 0.2) is 23.2 Å². The summed E-state index contributed by atoms with van der Waals surface area (Å²) in [6.45, 7) is 9.40. The number of ether oxygens (including phenoxy) is 2. The second-order valence-corrected chi connectivity index (χ2v) is 8.46. The van der Waals surface area contributed by atoms with Gasteiger partial charge < -0.3 is 25.0 Å². The van der Waals surface area contributed by atoms with Crippen LogP contribution in [-0.4, -0.2) is 56.3 Å². The highest BCUT2D eigenvalue weighted by atomic mass is 127. The summed E-state index contributed by atoms with van der Waals surface area (Å²) in [5.74, 6) is 2.55. The van der Waals surface area contributed by atoms with E-state index >= 15 is 0 Å². The van der Waals surface area contributed by atoms with Crippen molar-refractivity contribution in [3.8, 4) is 11.5 Å². The number of halogens is 1. The molecule has 31 heavy (non-hydrogen) atoms. The minimum Gasteiger partial charge on any atom is -0.493 e. The van der Waals surface area contributed by atoms with Gasteiger partial charge in [0, 0.05) is 25.7 Å². The van der Waals surface area contributed by atoms with Crippen LogP contribution in [0.5, 0.6) is 11.5 Å². The molecule has 1 aromatic rings. The van der Waals surface area contributed by atoms with Crippen molar-refractivity contribution in [2.75, 3.05) is 33.3 Å². The molecule has 1 aliphatic heterocycles. The molecule has 1 heterocycles. The van der Waals surface area contributed by atoms with Crippen molar-refractivity contribution in [3.05, 3.63) is 23.8 Å². The summed E-state index contributed by atoms with van der Waals surface area (Å²) in [4.78, 5) is 7.41. The first-order valence-electron chi connectivity index (χ1n) is 11.8. The molecule has 2 N–H and O–H groups in total. The number of aliphatic imine (C=N–C) groups is 1. The number of piperidine rings is 1. The summed E-state index contributed by atoms with van der Waals surface area (Å²) in [6.07, 6.45) is 8.68. The number of benzene rings is 1. The first-order valence-corrected chi connectivity index (χ1v) is 11.8. The number of guanidine groups is 1. The average molecular weight is 545 g/mol. The van der Waals surface area contributed by atoms with Gasteiger partial charge in [0.2, 0.25) is 0 Å². The quantitative estimate of drug-likeness (QED) is 0.271. The second-order valence-electron chi connectivity index (χ2n) is 8.46. The average Bonchev–Trinajstić information content (AvgIpc) is 3.27. The monoisotopic (exact) mass is 544 g/mol. The number of nitrogens with zero attached hydrogens (tertiary/aromatic N) is 2. The van der Waals surface area contributed by atoms with Crippen molar-refractivity contribution in [2.24, 2.45) is 4.99 Å². The smallest absolute Gasteiger partial charge is 0.191 e. The number of likely N-dealkylation sites (tertiary alicyclic amines) is 1. The molecular formula is C24H41IN4O2. The lowest BCUT2D eigenvalue weighted by molar-refractivity contribution is 0.200. The lowest BCUT2D eigenvalue weighted by Crippen LogP contribution is -2.48. The van der Waals surface area contributed by atoms with Gasteiger partial charge in [0.1, 0.15) is 0 Å². The van der Waals surface area contributed by atoms with Gasteiger partial charge in [-0.15, -0.1) is 24.0 Å². The third kappa shape index (κ3) is 8.33. The Kier molecular flexibility index (Phi) is 11.8. The molecule has 176 valence electrons. The van der Waals surface area contributed by atoms with E-state index in [1.807, 2.05) is 6.07 Å². The molecule has 2 aliphatic rings. The van der Waals surface area contributed by atoms with Crippen LogP contribution in [0.2, 0.25) is 0 Å². The molecule has 0 atom stereocenters. The molecule has 0 unspecified atom stereocenters. The molecule has 1 aromatic carbocycles. The lowest BCUT2D eigenvalue weighted by atomic mass is 10.1. The minimum absolute atomic E-state index is 0.